The molecular weight excluding hydrogens is 418 g/mol. The van der Waals surface area contributed by atoms with Crippen molar-refractivity contribution in [3.8, 4) is 11.5 Å². The Morgan fingerprint density at radius 3 is 2.48 bits per heavy atom. The van der Waals surface area contributed by atoms with Gasteiger partial charge in [-0.15, -0.1) is 12.4 Å². The predicted molar refractivity (Wildman–Crippen MR) is 122 cm³/mol. The van der Waals surface area contributed by atoms with E-state index in [0.717, 1.165) is 5.39 Å². The Balaban J connectivity index is 0.00000272. The summed E-state index contributed by atoms with van der Waals surface area (Å²) in [6.45, 7) is 0.864. The fraction of sp³-hybridized carbons (Fsp3) is 0.174. The highest BCUT2D eigenvalue weighted by Crippen LogP contribution is 2.34. The summed E-state index contributed by atoms with van der Waals surface area (Å²) in [6.07, 6.45) is 1.43. The highest BCUT2D eigenvalue weighted by atomic mass is 35.5. The maximum absolute atomic E-state index is 13.1. The number of benzene rings is 3. The van der Waals surface area contributed by atoms with E-state index in [4.69, 9.17) is 0 Å². The summed E-state index contributed by atoms with van der Waals surface area (Å²) in [7, 11) is 3.77. The number of carbonyl (C=O) groups is 2. The molecule has 3 aromatic carbocycles. The van der Waals surface area contributed by atoms with Gasteiger partial charge in [-0.2, -0.15) is 0 Å². The Hall–Kier alpha value is -3.42. The third-order valence-corrected chi connectivity index (χ3v) is 5.05. The maximum Gasteiger partial charge on any atom is 0.261 e. The van der Waals surface area contributed by atoms with E-state index in [1.54, 1.807) is 24.3 Å². The molecule has 160 valence electrons. The molecule has 31 heavy (non-hydrogen) atoms. The van der Waals surface area contributed by atoms with Crippen LogP contribution in [0.1, 0.15) is 26.3 Å². The van der Waals surface area contributed by atoms with Crippen LogP contribution in [0.15, 0.2) is 53.5 Å². The van der Waals surface area contributed by atoms with E-state index in [-0.39, 0.29) is 35.7 Å². The van der Waals surface area contributed by atoms with Crippen LogP contribution >= 0.6 is 12.4 Å². The average molecular weight is 440 g/mol. The van der Waals surface area contributed by atoms with Gasteiger partial charge in [-0.05, 0) is 55.9 Å². The van der Waals surface area contributed by atoms with Crippen LogP contribution in [0.2, 0.25) is 0 Å². The summed E-state index contributed by atoms with van der Waals surface area (Å²) < 4.78 is 0. The Morgan fingerprint density at radius 1 is 1.00 bits per heavy atom. The molecule has 4 rings (SSSR count). The van der Waals surface area contributed by atoms with Gasteiger partial charge in [0.25, 0.3) is 11.8 Å². The van der Waals surface area contributed by atoms with Crippen LogP contribution in [0.25, 0.3) is 10.8 Å². The van der Waals surface area contributed by atoms with Crippen LogP contribution in [0, 0.1) is 0 Å². The number of hydrogen-bond acceptors (Lipinski definition) is 6. The summed E-state index contributed by atoms with van der Waals surface area (Å²) in [4.78, 5) is 33.6. The standard InChI is InChI=1S/C23H21N3O4.ClH/c1-25(2)8-9-26-22(29)18-5-3-4-14-10-16(12-19(21(14)18)23(26)30)24-13-15-11-17(27)6-7-20(15)28;/h3-7,10-13,27-28H,8-9H2,1-2H3;1H. The number of carbonyl (C=O) groups excluding carboxylic acids is 2. The summed E-state index contributed by atoms with van der Waals surface area (Å²) in [5, 5.41) is 20.9. The summed E-state index contributed by atoms with van der Waals surface area (Å²) >= 11 is 0. The van der Waals surface area contributed by atoms with Gasteiger partial charge in [-0.25, -0.2) is 0 Å². The smallest absolute Gasteiger partial charge is 0.261 e. The number of phenols is 2. The second kappa shape index (κ2) is 8.75. The molecule has 3 aromatic rings. The second-order valence-corrected chi connectivity index (χ2v) is 7.46. The molecular formula is C23H22ClN3O4. The van der Waals surface area contributed by atoms with Crippen LogP contribution in [0.5, 0.6) is 11.5 Å². The second-order valence-electron chi connectivity index (χ2n) is 7.46. The molecule has 1 aliphatic heterocycles. The van der Waals surface area contributed by atoms with Gasteiger partial charge in [0.15, 0.2) is 0 Å². The molecule has 0 radical (unpaired) electrons. The van der Waals surface area contributed by atoms with Crippen LogP contribution in [-0.2, 0) is 0 Å². The number of amides is 2. The number of halogens is 1. The van der Waals surface area contributed by atoms with Crippen molar-refractivity contribution in [3.05, 3.63) is 65.2 Å². The summed E-state index contributed by atoms with van der Waals surface area (Å²) in [5.74, 6) is -0.640. The molecule has 1 aliphatic rings. The van der Waals surface area contributed by atoms with E-state index in [0.29, 0.717) is 40.9 Å². The quantitative estimate of drug-likeness (QED) is 0.360. The molecule has 0 saturated heterocycles. The predicted octanol–water partition coefficient (Wildman–Crippen LogP) is 3.58. The molecule has 2 amide bonds. The molecule has 0 saturated carbocycles. The summed E-state index contributed by atoms with van der Waals surface area (Å²) in [5.41, 5.74) is 1.79. The van der Waals surface area contributed by atoms with Gasteiger partial charge in [0.2, 0.25) is 0 Å². The van der Waals surface area contributed by atoms with E-state index in [9.17, 15) is 19.8 Å². The first-order valence-corrected chi connectivity index (χ1v) is 9.49. The lowest BCUT2D eigenvalue weighted by Crippen LogP contribution is -2.43. The minimum absolute atomic E-state index is 0. The zero-order valence-electron chi connectivity index (χ0n) is 17.1. The molecule has 0 aromatic heterocycles. The Labute approximate surface area is 185 Å². The molecule has 0 aliphatic carbocycles. The Morgan fingerprint density at radius 2 is 1.74 bits per heavy atom. The number of hydrogen-bond donors (Lipinski definition) is 2. The molecule has 1 heterocycles. The van der Waals surface area contributed by atoms with Crippen LogP contribution in [0.3, 0.4) is 0 Å². The number of nitrogens with zero attached hydrogens (tertiary/aromatic N) is 3. The fourth-order valence-electron chi connectivity index (χ4n) is 3.51. The van der Waals surface area contributed by atoms with Gasteiger partial charge in [-0.1, -0.05) is 12.1 Å². The normalized spacial score (nSPS) is 13.3. The number of aromatic hydroxyl groups is 2. The molecule has 0 bridgehead atoms. The van der Waals surface area contributed by atoms with Gasteiger partial charge >= 0.3 is 0 Å². The third-order valence-electron chi connectivity index (χ3n) is 5.05. The van der Waals surface area contributed by atoms with Gasteiger partial charge < -0.3 is 15.1 Å². The lowest BCUT2D eigenvalue weighted by atomic mass is 9.93. The van der Waals surface area contributed by atoms with E-state index >= 15 is 0 Å². The first kappa shape index (κ1) is 22.3. The summed E-state index contributed by atoms with van der Waals surface area (Å²) in [6, 6.07) is 13.0. The van der Waals surface area contributed by atoms with Crippen LogP contribution in [0.4, 0.5) is 5.69 Å². The fourth-order valence-corrected chi connectivity index (χ4v) is 3.51. The average Bonchev–Trinajstić information content (AvgIpc) is 2.72. The largest absolute Gasteiger partial charge is 0.508 e. The van der Waals surface area contributed by atoms with Gasteiger partial charge in [0.1, 0.15) is 11.5 Å². The van der Waals surface area contributed by atoms with Gasteiger partial charge in [0.05, 0.1) is 11.3 Å². The Bertz CT molecular complexity index is 1210. The van der Waals surface area contributed by atoms with Crippen molar-refractivity contribution in [2.45, 2.75) is 0 Å². The molecule has 2 N–H and O–H groups in total. The molecule has 0 atom stereocenters. The van der Waals surface area contributed by atoms with Crippen molar-refractivity contribution in [1.82, 2.24) is 9.80 Å². The van der Waals surface area contributed by atoms with Crippen molar-refractivity contribution in [2.75, 3.05) is 27.2 Å². The van der Waals surface area contributed by atoms with E-state index < -0.39 is 0 Å². The third kappa shape index (κ3) is 4.23. The lowest BCUT2D eigenvalue weighted by molar-refractivity contribution is 0.0601. The number of phenolic OH excluding ortho intramolecular Hbond substituents is 2. The van der Waals surface area contributed by atoms with E-state index in [2.05, 4.69) is 4.99 Å². The molecule has 0 fully saturated rings. The van der Waals surface area contributed by atoms with E-state index in [1.165, 1.54) is 29.3 Å². The van der Waals surface area contributed by atoms with Crippen molar-refractivity contribution < 1.29 is 19.8 Å². The minimum atomic E-state index is -0.345. The molecule has 8 heteroatoms. The van der Waals surface area contributed by atoms with Gasteiger partial charge in [0, 0.05) is 35.8 Å². The molecule has 0 spiro atoms. The lowest BCUT2D eigenvalue weighted by Gasteiger charge is -2.28. The molecule has 7 nitrogen and oxygen atoms in total. The Kier molecular flexibility index (Phi) is 6.29. The number of imide groups is 1. The van der Waals surface area contributed by atoms with Crippen molar-refractivity contribution >= 4 is 46.9 Å². The highest BCUT2D eigenvalue weighted by Gasteiger charge is 2.32. The number of aliphatic imine (C=N–C) groups is 1. The SMILES string of the molecule is CN(C)CCN1C(=O)c2cccc3cc(N=Cc4cc(O)ccc4O)cc(c23)C1=O.Cl. The van der Waals surface area contributed by atoms with Crippen LogP contribution < -0.4 is 0 Å². The van der Waals surface area contributed by atoms with Gasteiger partial charge in [-0.3, -0.25) is 19.5 Å². The zero-order chi connectivity index (χ0) is 21.4. The topological polar surface area (TPSA) is 93.4 Å². The van der Waals surface area contributed by atoms with Crippen molar-refractivity contribution in [1.29, 1.82) is 0 Å². The number of likely N-dealkylation sites (N-methyl/N-ethyl adjacent to an activating group) is 1. The van der Waals surface area contributed by atoms with Crippen LogP contribution in [-0.4, -0.2) is 65.2 Å². The zero-order valence-corrected chi connectivity index (χ0v) is 17.9. The minimum Gasteiger partial charge on any atom is -0.508 e. The number of rotatable bonds is 5. The van der Waals surface area contributed by atoms with Crippen molar-refractivity contribution in [2.24, 2.45) is 4.99 Å². The monoisotopic (exact) mass is 439 g/mol. The first-order valence-electron chi connectivity index (χ1n) is 9.49. The first-order chi connectivity index (χ1) is 14.3. The highest BCUT2D eigenvalue weighted by molar-refractivity contribution is 6.26. The molecule has 0 unspecified atom stereocenters. The maximum atomic E-state index is 13.1. The van der Waals surface area contributed by atoms with Crippen molar-refractivity contribution in [3.63, 3.8) is 0 Å². The van der Waals surface area contributed by atoms with E-state index in [1.807, 2.05) is 25.1 Å².